The average molecular weight is 394 g/mol. The van der Waals surface area contributed by atoms with Crippen molar-refractivity contribution in [3.8, 4) is 0 Å². The Kier molecular flexibility index (Phi) is 7.04. The fourth-order valence-electron chi connectivity index (χ4n) is 3.61. The van der Waals surface area contributed by atoms with E-state index >= 15 is 0 Å². The van der Waals surface area contributed by atoms with E-state index in [1.54, 1.807) is 6.20 Å². The quantitative estimate of drug-likeness (QED) is 0.823. The molecule has 0 spiro atoms. The van der Waals surface area contributed by atoms with Crippen LogP contribution in [0.1, 0.15) is 47.3 Å². The van der Waals surface area contributed by atoms with Gasteiger partial charge < -0.3 is 11.1 Å². The van der Waals surface area contributed by atoms with Crippen molar-refractivity contribution in [1.29, 1.82) is 0 Å². The number of aryl methyl sites for hydroxylation is 1. The topological polar surface area (TPSA) is 68.0 Å². The minimum atomic E-state index is -0.0551. The van der Waals surface area contributed by atoms with E-state index in [1.807, 2.05) is 37.3 Å². The summed E-state index contributed by atoms with van der Waals surface area (Å²) in [6.45, 7) is 2.50. The molecular formula is C20H25Cl2N3O. The van der Waals surface area contributed by atoms with Crippen LogP contribution in [0.15, 0.2) is 42.6 Å². The number of nitrogens with zero attached hydrogens (tertiary/aromatic N) is 1. The van der Waals surface area contributed by atoms with E-state index in [-0.39, 0.29) is 29.8 Å². The van der Waals surface area contributed by atoms with E-state index in [1.165, 1.54) is 5.56 Å². The van der Waals surface area contributed by atoms with Gasteiger partial charge in [-0.3, -0.25) is 9.78 Å². The summed E-state index contributed by atoms with van der Waals surface area (Å²) in [7, 11) is 0. The van der Waals surface area contributed by atoms with Crippen molar-refractivity contribution in [3.63, 3.8) is 0 Å². The van der Waals surface area contributed by atoms with Crippen molar-refractivity contribution in [2.45, 2.75) is 44.1 Å². The van der Waals surface area contributed by atoms with Gasteiger partial charge in [0.15, 0.2) is 0 Å². The zero-order chi connectivity index (χ0) is 17.9. The number of benzene rings is 1. The van der Waals surface area contributed by atoms with Crippen LogP contribution in [0.3, 0.4) is 0 Å². The first-order valence-electron chi connectivity index (χ1n) is 8.72. The Balaban J connectivity index is 0.00000243. The molecule has 1 aromatic heterocycles. The third-order valence-corrected chi connectivity index (χ3v) is 5.51. The van der Waals surface area contributed by atoms with Crippen LogP contribution in [0.5, 0.6) is 0 Å². The van der Waals surface area contributed by atoms with E-state index in [0.717, 1.165) is 36.4 Å². The number of rotatable bonds is 4. The van der Waals surface area contributed by atoms with Crippen molar-refractivity contribution >= 4 is 29.9 Å². The first-order chi connectivity index (χ1) is 12.0. The molecule has 1 heterocycles. The highest BCUT2D eigenvalue weighted by Gasteiger charge is 2.36. The van der Waals surface area contributed by atoms with Gasteiger partial charge >= 0.3 is 0 Å². The van der Waals surface area contributed by atoms with Crippen LogP contribution in [-0.2, 0) is 5.41 Å². The number of nitrogens with two attached hydrogens (primary N) is 1. The highest BCUT2D eigenvalue weighted by molar-refractivity contribution is 6.30. The molecule has 0 bridgehead atoms. The van der Waals surface area contributed by atoms with Crippen LogP contribution in [-0.4, -0.2) is 23.5 Å². The van der Waals surface area contributed by atoms with Gasteiger partial charge in [0.1, 0.15) is 0 Å². The normalized spacial score (nSPS) is 22.3. The van der Waals surface area contributed by atoms with Crippen molar-refractivity contribution in [1.82, 2.24) is 10.3 Å². The highest BCUT2D eigenvalue weighted by atomic mass is 35.5. The smallest absolute Gasteiger partial charge is 0.253 e. The summed E-state index contributed by atoms with van der Waals surface area (Å²) in [6, 6.07) is 11.8. The fourth-order valence-corrected chi connectivity index (χ4v) is 3.80. The summed E-state index contributed by atoms with van der Waals surface area (Å²) in [6.07, 6.45) is 5.34. The Bertz CT molecular complexity index is 741. The lowest BCUT2D eigenvalue weighted by Crippen LogP contribution is -2.45. The molecule has 140 valence electrons. The molecule has 0 saturated heterocycles. The van der Waals surface area contributed by atoms with Crippen molar-refractivity contribution in [2.24, 2.45) is 5.73 Å². The van der Waals surface area contributed by atoms with E-state index < -0.39 is 0 Å². The van der Waals surface area contributed by atoms with Crippen LogP contribution in [0, 0.1) is 6.92 Å². The molecule has 0 aliphatic heterocycles. The van der Waals surface area contributed by atoms with Gasteiger partial charge in [0, 0.05) is 34.9 Å². The Morgan fingerprint density at radius 1 is 1.31 bits per heavy atom. The number of halogens is 2. The van der Waals surface area contributed by atoms with Crippen LogP contribution < -0.4 is 11.1 Å². The maximum Gasteiger partial charge on any atom is 0.253 e. The van der Waals surface area contributed by atoms with E-state index in [9.17, 15) is 4.79 Å². The van der Waals surface area contributed by atoms with Gasteiger partial charge in [-0.1, -0.05) is 23.7 Å². The van der Waals surface area contributed by atoms with Gasteiger partial charge in [0.2, 0.25) is 0 Å². The van der Waals surface area contributed by atoms with Crippen LogP contribution in [0.4, 0.5) is 0 Å². The molecule has 0 unspecified atom stereocenters. The lowest BCUT2D eigenvalue weighted by molar-refractivity contribution is 0.0917. The number of aromatic nitrogens is 1. The van der Waals surface area contributed by atoms with E-state index in [2.05, 4.69) is 16.4 Å². The van der Waals surface area contributed by atoms with Crippen LogP contribution >= 0.6 is 24.0 Å². The van der Waals surface area contributed by atoms with Gasteiger partial charge in [-0.05, 0) is 62.4 Å². The Labute approximate surface area is 165 Å². The second-order valence-corrected chi connectivity index (χ2v) is 7.37. The monoisotopic (exact) mass is 393 g/mol. The van der Waals surface area contributed by atoms with Crippen LogP contribution in [0.2, 0.25) is 5.02 Å². The Hall–Kier alpha value is -1.62. The second-order valence-electron chi connectivity index (χ2n) is 6.93. The largest absolute Gasteiger partial charge is 0.349 e. The molecule has 1 aliphatic carbocycles. The third-order valence-electron chi connectivity index (χ3n) is 5.28. The predicted octanol–water partition coefficient (Wildman–Crippen LogP) is 4.03. The molecule has 1 aromatic carbocycles. The van der Waals surface area contributed by atoms with Gasteiger partial charge in [-0.15, -0.1) is 12.4 Å². The minimum Gasteiger partial charge on any atom is -0.349 e. The minimum absolute atomic E-state index is 0. The fraction of sp³-hybridized carbons (Fsp3) is 0.400. The van der Waals surface area contributed by atoms with Crippen molar-refractivity contribution < 1.29 is 4.79 Å². The summed E-state index contributed by atoms with van der Waals surface area (Å²) in [5.74, 6) is -0.0551. The lowest BCUT2D eigenvalue weighted by atomic mass is 9.68. The van der Waals surface area contributed by atoms with Gasteiger partial charge in [-0.2, -0.15) is 0 Å². The van der Waals surface area contributed by atoms with Gasteiger partial charge in [-0.25, -0.2) is 0 Å². The first-order valence-corrected chi connectivity index (χ1v) is 9.10. The molecule has 1 amide bonds. The highest BCUT2D eigenvalue weighted by Crippen LogP contribution is 2.39. The molecule has 3 rings (SSSR count). The summed E-state index contributed by atoms with van der Waals surface area (Å²) < 4.78 is 0. The number of amides is 1. The maximum absolute atomic E-state index is 12.4. The maximum atomic E-state index is 12.4. The number of nitrogens with one attached hydrogen (secondary N) is 1. The number of carbonyl (C=O) groups is 1. The van der Waals surface area contributed by atoms with Crippen molar-refractivity contribution in [3.05, 3.63) is 64.4 Å². The Morgan fingerprint density at radius 3 is 2.62 bits per heavy atom. The van der Waals surface area contributed by atoms with E-state index in [0.29, 0.717) is 12.1 Å². The molecule has 3 N–H and O–H groups in total. The third kappa shape index (κ3) is 4.56. The first kappa shape index (κ1) is 20.7. The molecule has 2 aromatic rings. The second kappa shape index (κ2) is 8.85. The summed E-state index contributed by atoms with van der Waals surface area (Å²) in [4.78, 5) is 16.6. The zero-order valence-electron chi connectivity index (χ0n) is 14.9. The van der Waals surface area contributed by atoms with Crippen LogP contribution in [0.25, 0.3) is 0 Å². The molecule has 1 fully saturated rings. The van der Waals surface area contributed by atoms with Gasteiger partial charge in [0.25, 0.3) is 5.91 Å². The molecule has 6 heteroatoms. The number of pyridine rings is 1. The lowest BCUT2D eigenvalue weighted by Gasteiger charge is -2.40. The summed E-state index contributed by atoms with van der Waals surface area (Å²) >= 11 is 6.16. The molecule has 1 saturated carbocycles. The summed E-state index contributed by atoms with van der Waals surface area (Å²) in [5, 5.41) is 3.88. The summed E-state index contributed by atoms with van der Waals surface area (Å²) in [5.41, 5.74) is 8.81. The van der Waals surface area contributed by atoms with E-state index in [4.69, 9.17) is 17.3 Å². The molecule has 1 aliphatic rings. The average Bonchev–Trinajstić information content (AvgIpc) is 2.63. The molecule has 0 radical (unpaired) electrons. The predicted molar refractivity (Wildman–Crippen MR) is 108 cm³/mol. The SMILES string of the molecule is Cc1ccc(C(=O)NC2CCC(CN)(c3cccc(Cl)c3)CC2)cn1.Cl. The molecule has 4 nitrogen and oxygen atoms in total. The number of hydrogen-bond donors (Lipinski definition) is 2. The Morgan fingerprint density at radius 2 is 2.04 bits per heavy atom. The molecule has 0 atom stereocenters. The number of carbonyl (C=O) groups excluding carboxylic acids is 1. The molecular weight excluding hydrogens is 369 g/mol. The standard InChI is InChI=1S/C20H24ClN3O.ClH/c1-14-5-6-15(12-23-14)19(25)24-18-7-9-20(13-22,10-8-18)16-3-2-4-17(21)11-16;/h2-6,11-12,18H,7-10,13,22H2,1H3,(H,24,25);1H. The molecule has 26 heavy (non-hydrogen) atoms. The zero-order valence-corrected chi connectivity index (χ0v) is 16.4. The van der Waals surface area contributed by atoms with Gasteiger partial charge in [0.05, 0.1) is 5.56 Å². The van der Waals surface area contributed by atoms with Crippen molar-refractivity contribution in [2.75, 3.05) is 6.54 Å². The number of hydrogen-bond acceptors (Lipinski definition) is 3.